The van der Waals surface area contributed by atoms with Crippen molar-refractivity contribution < 1.29 is 19.8 Å². The van der Waals surface area contributed by atoms with Gasteiger partial charge >= 0.3 is 12.0 Å². The second-order valence-corrected chi connectivity index (χ2v) is 6.14. The van der Waals surface area contributed by atoms with Gasteiger partial charge in [0, 0.05) is 18.6 Å². The summed E-state index contributed by atoms with van der Waals surface area (Å²) in [7, 11) is 0. The zero-order valence-corrected chi connectivity index (χ0v) is 12.5. The molecule has 0 spiro atoms. The second-order valence-electron chi connectivity index (χ2n) is 6.14. The standard InChI is InChI=1S/C15H26N2O4/c18-10-9-17(11-5-4-6-11)15(21)16-13-8-3-1-2-7-12(13)14(19)20/h11-13,18H,1-10H2,(H,16,21)(H,19,20). The van der Waals surface area contributed by atoms with Gasteiger partial charge in [0.1, 0.15) is 0 Å². The SMILES string of the molecule is O=C(O)C1CCCCCC1NC(=O)N(CCO)C1CCC1. The molecule has 0 heterocycles. The van der Waals surface area contributed by atoms with E-state index in [1.54, 1.807) is 4.90 Å². The number of aliphatic carboxylic acids is 1. The van der Waals surface area contributed by atoms with Crippen molar-refractivity contribution in [1.29, 1.82) is 0 Å². The van der Waals surface area contributed by atoms with E-state index in [4.69, 9.17) is 5.11 Å². The Kier molecular flexibility index (Phi) is 5.85. The molecule has 3 N–H and O–H groups in total. The molecule has 2 amide bonds. The minimum absolute atomic E-state index is 0.0586. The van der Waals surface area contributed by atoms with Crippen LogP contribution in [0.4, 0.5) is 4.79 Å². The van der Waals surface area contributed by atoms with Crippen molar-refractivity contribution in [2.45, 2.75) is 63.5 Å². The van der Waals surface area contributed by atoms with E-state index < -0.39 is 11.9 Å². The highest BCUT2D eigenvalue weighted by Crippen LogP contribution is 2.27. The number of rotatable bonds is 5. The van der Waals surface area contributed by atoms with E-state index in [1.165, 1.54) is 0 Å². The molecule has 0 radical (unpaired) electrons. The summed E-state index contributed by atoms with van der Waals surface area (Å²) in [5.41, 5.74) is 0. The van der Waals surface area contributed by atoms with E-state index in [2.05, 4.69) is 5.32 Å². The van der Waals surface area contributed by atoms with E-state index >= 15 is 0 Å². The number of hydrogen-bond acceptors (Lipinski definition) is 3. The van der Waals surface area contributed by atoms with Crippen LogP contribution in [0.1, 0.15) is 51.4 Å². The summed E-state index contributed by atoms with van der Waals surface area (Å²) in [5.74, 6) is -1.31. The van der Waals surface area contributed by atoms with Crippen molar-refractivity contribution in [3.8, 4) is 0 Å². The quantitative estimate of drug-likeness (QED) is 0.672. The zero-order valence-electron chi connectivity index (χ0n) is 12.5. The van der Waals surface area contributed by atoms with Crippen LogP contribution < -0.4 is 5.32 Å². The Morgan fingerprint density at radius 2 is 1.76 bits per heavy atom. The van der Waals surface area contributed by atoms with Gasteiger partial charge in [-0.05, 0) is 32.1 Å². The lowest BCUT2D eigenvalue weighted by Crippen LogP contribution is -2.54. The summed E-state index contributed by atoms with van der Waals surface area (Å²) in [6.45, 7) is 0.262. The first-order valence-electron chi connectivity index (χ1n) is 8.04. The number of aliphatic hydroxyl groups is 1. The van der Waals surface area contributed by atoms with Crippen molar-refractivity contribution in [2.75, 3.05) is 13.2 Å². The summed E-state index contributed by atoms with van der Waals surface area (Å²) < 4.78 is 0. The van der Waals surface area contributed by atoms with Crippen LogP contribution in [0.5, 0.6) is 0 Å². The topological polar surface area (TPSA) is 89.9 Å². The molecule has 2 atom stereocenters. The van der Waals surface area contributed by atoms with Gasteiger partial charge in [0.25, 0.3) is 0 Å². The number of carboxylic acid groups (broad SMARTS) is 1. The fourth-order valence-corrected chi connectivity index (χ4v) is 3.27. The number of urea groups is 1. The molecule has 2 rings (SSSR count). The predicted octanol–water partition coefficient (Wildman–Crippen LogP) is 1.58. The Balaban J connectivity index is 1.98. The highest BCUT2D eigenvalue weighted by atomic mass is 16.4. The Morgan fingerprint density at radius 3 is 2.33 bits per heavy atom. The third-order valence-electron chi connectivity index (χ3n) is 4.76. The maximum atomic E-state index is 12.4. The summed E-state index contributed by atoms with van der Waals surface area (Å²) >= 11 is 0. The molecular formula is C15H26N2O4. The van der Waals surface area contributed by atoms with Gasteiger partial charge < -0.3 is 20.4 Å². The lowest BCUT2D eigenvalue weighted by Gasteiger charge is -2.38. The number of hydrogen-bond donors (Lipinski definition) is 3. The van der Waals surface area contributed by atoms with Crippen LogP contribution in [0.3, 0.4) is 0 Å². The second kappa shape index (κ2) is 7.64. The molecule has 6 nitrogen and oxygen atoms in total. The Labute approximate surface area is 125 Å². The molecule has 2 saturated carbocycles. The van der Waals surface area contributed by atoms with Crippen LogP contribution in [-0.4, -0.2) is 52.3 Å². The van der Waals surface area contributed by atoms with Crippen LogP contribution in [0.15, 0.2) is 0 Å². The van der Waals surface area contributed by atoms with E-state index in [0.717, 1.165) is 44.9 Å². The predicted molar refractivity (Wildman–Crippen MR) is 78.0 cm³/mol. The van der Waals surface area contributed by atoms with E-state index in [0.29, 0.717) is 13.0 Å². The Morgan fingerprint density at radius 1 is 1.05 bits per heavy atom. The van der Waals surface area contributed by atoms with E-state index in [9.17, 15) is 14.7 Å². The molecule has 0 aromatic heterocycles. The van der Waals surface area contributed by atoms with E-state index in [-0.39, 0.29) is 24.7 Å². The minimum Gasteiger partial charge on any atom is -0.481 e. The summed E-state index contributed by atoms with van der Waals surface area (Å²) in [6.07, 6.45) is 7.30. The third kappa shape index (κ3) is 4.09. The first-order valence-corrected chi connectivity index (χ1v) is 8.04. The molecule has 0 saturated heterocycles. The lowest BCUT2D eigenvalue weighted by atomic mass is 9.91. The lowest BCUT2D eigenvalue weighted by molar-refractivity contribution is -0.142. The monoisotopic (exact) mass is 298 g/mol. The number of aliphatic hydroxyl groups excluding tert-OH is 1. The molecule has 0 aromatic rings. The number of carbonyl (C=O) groups excluding carboxylic acids is 1. The molecule has 0 bridgehead atoms. The fraction of sp³-hybridized carbons (Fsp3) is 0.867. The molecule has 2 aliphatic rings. The summed E-state index contributed by atoms with van der Waals surface area (Å²) in [4.78, 5) is 25.5. The van der Waals surface area contributed by atoms with Crippen LogP contribution in [0, 0.1) is 5.92 Å². The Bertz CT molecular complexity index is 371. The van der Waals surface area contributed by atoms with E-state index in [1.807, 2.05) is 0 Å². The molecule has 120 valence electrons. The largest absolute Gasteiger partial charge is 0.481 e. The normalized spacial score (nSPS) is 26.5. The summed E-state index contributed by atoms with van der Waals surface area (Å²) in [5, 5.41) is 21.4. The first-order chi connectivity index (χ1) is 10.1. The maximum absolute atomic E-state index is 12.4. The van der Waals surface area contributed by atoms with Crippen molar-refractivity contribution >= 4 is 12.0 Å². The van der Waals surface area contributed by atoms with Crippen molar-refractivity contribution in [2.24, 2.45) is 5.92 Å². The minimum atomic E-state index is -0.820. The highest BCUT2D eigenvalue weighted by molar-refractivity contribution is 5.77. The van der Waals surface area contributed by atoms with Gasteiger partial charge in [-0.15, -0.1) is 0 Å². The average molecular weight is 298 g/mol. The van der Waals surface area contributed by atoms with Gasteiger partial charge in [-0.1, -0.05) is 19.3 Å². The molecular weight excluding hydrogens is 272 g/mol. The van der Waals surface area contributed by atoms with Gasteiger partial charge in [-0.2, -0.15) is 0 Å². The van der Waals surface area contributed by atoms with Crippen LogP contribution in [-0.2, 0) is 4.79 Å². The Hall–Kier alpha value is -1.30. The van der Waals surface area contributed by atoms with Crippen LogP contribution in [0.25, 0.3) is 0 Å². The van der Waals surface area contributed by atoms with Crippen LogP contribution >= 0.6 is 0 Å². The number of amides is 2. The molecule has 2 fully saturated rings. The average Bonchev–Trinajstić information content (AvgIpc) is 2.61. The molecule has 2 aliphatic carbocycles. The third-order valence-corrected chi connectivity index (χ3v) is 4.76. The summed E-state index contributed by atoms with van der Waals surface area (Å²) in [6, 6.07) is -0.308. The van der Waals surface area contributed by atoms with Crippen molar-refractivity contribution in [3.05, 3.63) is 0 Å². The fourth-order valence-electron chi connectivity index (χ4n) is 3.27. The molecule has 0 aromatic carbocycles. The van der Waals surface area contributed by atoms with Crippen LogP contribution in [0.2, 0.25) is 0 Å². The number of carboxylic acids is 1. The van der Waals surface area contributed by atoms with Gasteiger partial charge in [0.15, 0.2) is 0 Å². The maximum Gasteiger partial charge on any atom is 0.317 e. The van der Waals surface area contributed by atoms with Crippen molar-refractivity contribution in [3.63, 3.8) is 0 Å². The molecule has 6 heteroatoms. The number of nitrogens with one attached hydrogen (secondary N) is 1. The molecule has 2 unspecified atom stereocenters. The van der Waals surface area contributed by atoms with Gasteiger partial charge in [-0.3, -0.25) is 4.79 Å². The van der Waals surface area contributed by atoms with Crippen molar-refractivity contribution in [1.82, 2.24) is 10.2 Å². The van der Waals surface area contributed by atoms with Gasteiger partial charge in [0.2, 0.25) is 0 Å². The molecule has 0 aliphatic heterocycles. The zero-order chi connectivity index (χ0) is 15.2. The number of carbonyl (C=O) groups is 2. The molecule has 21 heavy (non-hydrogen) atoms. The number of nitrogens with zero attached hydrogens (tertiary/aromatic N) is 1. The smallest absolute Gasteiger partial charge is 0.317 e. The highest BCUT2D eigenvalue weighted by Gasteiger charge is 2.34. The van der Waals surface area contributed by atoms with Gasteiger partial charge in [0.05, 0.1) is 12.5 Å². The first kappa shape index (κ1) is 16.1. The van der Waals surface area contributed by atoms with Gasteiger partial charge in [-0.25, -0.2) is 4.79 Å².